The fourth-order valence-electron chi connectivity index (χ4n) is 13.7. The van der Waals surface area contributed by atoms with Gasteiger partial charge in [-0.2, -0.15) is 0 Å². The van der Waals surface area contributed by atoms with E-state index in [0.717, 1.165) is 61.7 Å². The third kappa shape index (κ3) is 5.88. The van der Waals surface area contributed by atoms with Gasteiger partial charge in [0.1, 0.15) is 22.3 Å². The molecule has 5 heterocycles. The molecule has 1 saturated carbocycles. The maximum absolute atomic E-state index is 6.61. The summed E-state index contributed by atoms with van der Waals surface area (Å²) < 4.78 is 13.1. The Labute approximate surface area is 417 Å². The van der Waals surface area contributed by atoms with Crippen LogP contribution in [0, 0.1) is 6.92 Å². The van der Waals surface area contributed by atoms with Gasteiger partial charge in [-0.3, -0.25) is 0 Å². The van der Waals surface area contributed by atoms with Crippen LogP contribution < -0.4 is 31.1 Å². The molecule has 0 radical (unpaired) electrons. The van der Waals surface area contributed by atoms with Crippen molar-refractivity contribution in [3.8, 4) is 0 Å². The average Bonchev–Trinajstić information content (AvgIpc) is 3.99. The third-order valence-corrected chi connectivity index (χ3v) is 17.5. The summed E-state index contributed by atoms with van der Waals surface area (Å²) in [6.45, 7) is 21.4. The average molecular weight is 926 g/mol. The molecule has 6 heteroatoms. The van der Waals surface area contributed by atoms with Crippen LogP contribution >= 0.6 is 0 Å². The summed E-state index contributed by atoms with van der Waals surface area (Å²) in [4.78, 5) is 7.92. The summed E-state index contributed by atoms with van der Waals surface area (Å²) >= 11 is 0. The van der Waals surface area contributed by atoms with Gasteiger partial charge in [0.25, 0.3) is 6.71 Å². The number of benzene rings is 8. The molecule has 14 rings (SSSR count). The molecule has 5 nitrogen and oxygen atoms in total. The second kappa shape index (κ2) is 14.5. The smallest absolute Gasteiger partial charge is 0.252 e. The van der Waals surface area contributed by atoms with Gasteiger partial charge in [0.05, 0.1) is 16.6 Å². The van der Waals surface area contributed by atoms with E-state index in [1.165, 1.54) is 92.0 Å². The van der Waals surface area contributed by atoms with E-state index in [1.807, 2.05) is 0 Å². The predicted octanol–water partition coefficient (Wildman–Crippen LogP) is 16.2. The van der Waals surface area contributed by atoms with Crippen LogP contribution in [0.4, 0.5) is 45.5 Å². The lowest BCUT2D eigenvalue weighted by atomic mass is 9.33. The van der Waals surface area contributed by atoms with E-state index in [-0.39, 0.29) is 28.5 Å². The molecule has 0 N–H and O–H groups in total. The Morgan fingerprint density at radius 3 is 1.86 bits per heavy atom. The van der Waals surface area contributed by atoms with E-state index in [9.17, 15) is 0 Å². The molecule has 0 amide bonds. The Morgan fingerprint density at radius 1 is 0.479 bits per heavy atom. The number of hydrogen-bond acceptors (Lipinski definition) is 5. The first-order valence-corrected chi connectivity index (χ1v) is 25.9. The van der Waals surface area contributed by atoms with Gasteiger partial charge in [-0.25, -0.2) is 0 Å². The quantitative estimate of drug-likeness (QED) is 0.165. The minimum Gasteiger partial charge on any atom is -0.456 e. The number of aryl methyl sites for hydroxylation is 1. The number of anilines is 8. The number of para-hydroxylation sites is 2. The normalized spacial score (nSPS) is 19.4. The van der Waals surface area contributed by atoms with Crippen LogP contribution in [0.3, 0.4) is 0 Å². The van der Waals surface area contributed by atoms with Crippen molar-refractivity contribution >= 4 is 112 Å². The highest BCUT2D eigenvalue weighted by molar-refractivity contribution is 7.00. The molecule has 3 aliphatic heterocycles. The zero-order valence-corrected chi connectivity index (χ0v) is 42.5. The number of hydrogen-bond donors (Lipinski definition) is 0. The lowest BCUT2D eigenvalue weighted by Crippen LogP contribution is -2.61. The minimum atomic E-state index is -0.103. The second-order valence-electron chi connectivity index (χ2n) is 23.7. The highest BCUT2D eigenvalue weighted by atomic mass is 16.3. The van der Waals surface area contributed by atoms with Crippen LogP contribution in [0.25, 0.3) is 43.9 Å². The van der Waals surface area contributed by atoms with Crippen LogP contribution in [0.15, 0.2) is 160 Å². The highest BCUT2D eigenvalue weighted by Crippen LogP contribution is 2.62. The first-order valence-electron chi connectivity index (χ1n) is 25.9. The van der Waals surface area contributed by atoms with E-state index < -0.39 is 0 Å². The Balaban J connectivity index is 1.06. The van der Waals surface area contributed by atoms with E-state index in [2.05, 4.69) is 229 Å². The Hall–Kier alpha value is -7.18. The summed E-state index contributed by atoms with van der Waals surface area (Å²) in [5.74, 6) is 0. The molecule has 8 aromatic carbocycles. The van der Waals surface area contributed by atoms with Crippen molar-refractivity contribution in [1.29, 1.82) is 0 Å². The monoisotopic (exact) mass is 925 g/mol. The van der Waals surface area contributed by atoms with Crippen molar-refractivity contribution in [2.45, 2.75) is 110 Å². The molecule has 0 spiro atoms. The molecular formula is C65H60BN3O2. The van der Waals surface area contributed by atoms with Gasteiger partial charge in [-0.1, -0.05) is 134 Å². The van der Waals surface area contributed by atoms with Crippen molar-refractivity contribution in [3.05, 3.63) is 174 Å². The molecule has 2 aromatic heterocycles. The Bertz CT molecular complexity index is 3900. The van der Waals surface area contributed by atoms with Crippen molar-refractivity contribution in [3.63, 3.8) is 0 Å². The second-order valence-corrected chi connectivity index (χ2v) is 23.7. The molecule has 2 atom stereocenters. The van der Waals surface area contributed by atoms with E-state index in [0.29, 0.717) is 0 Å². The molecule has 1 fully saturated rings. The lowest BCUT2D eigenvalue weighted by molar-refractivity contribution is 0.195. The zero-order valence-electron chi connectivity index (χ0n) is 42.5. The van der Waals surface area contributed by atoms with Gasteiger partial charge >= 0.3 is 0 Å². The molecule has 350 valence electrons. The first-order chi connectivity index (χ1) is 34.1. The summed E-state index contributed by atoms with van der Waals surface area (Å²) in [6, 6.07) is 57.5. The number of furan rings is 2. The molecular weight excluding hydrogens is 866 g/mol. The Kier molecular flexibility index (Phi) is 8.70. The van der Waals surface area contributed by atoms with Gasteiger partial charge < -0.3 is 23.5 Å². The van der Waals surface area contributed by atoms with Gasteiger partial charge in [0.15, 0.2) is 0 Å². The highest BCUT2D eigenvalue weighted by Gasteiger charge is 2.58. The van der Waals surface area contributed by atoms with Crippen molar-refractivity contribution in [2.24, 2.45) is 0 Å². The predicted molar refractivity (Wildman–Crippen MR) is 300 cm³/mol. The molecule has 1 aliphatic carbocycles. The molecule has 0 saturated heterocycles. The lowest BCUT2D eigenvalue weighted by Gasteiger charge is -2.50. The van der Waals surface area contributed by atoms with Crippen molar-refractivity contribution in [2.75, 3.05) is 14.7 Å². The topological polar surface area (TPSA) is 36.0 Å². The standard InChI is InChI=1S/C65H60BN3O2/c1-39-33-54-61-55(34-39)68(51-19-16-22-59-60(51)45-18-11-13-21-57(45)71-59)52-36-41(63(5,6)7)23-27-48(52)66(61)49-28-25-43(38-53(49)67(54)42-26-30-58-46(37-42)44-17-10-12-20-56(44)70-58)69-50-29-24-40(62(2,3)4)35-47(50)64(8)31-14-15-32-65(64,69)9/h10-13,16-30,33-38H,14-15,31-32H2,1-9H3. The van der Waals surface area contributed by atoms with Crippen LogP contribution in [0.5, 0.6) is 0 Å². The van der Waals surface area contributed by atoms with Crippen LogP contribution in [-0.2, 0) is 16.2 Å². The fraction of sp³-hybridized carbons (Fsp3) is 0.262. The van der Waals surface area contributed by atoms with Gasteiger partial charge in [0.2, 0.25) is 0 Å². The van der Waals surface area contributed by atoms with Crippen LogP contribution in [0.1, 0.15) is 103 Å². The Morgan fingerprint density at radius 2 is 1.08 bits per heavy atom. The molecule has 10 aromatic rings. The summed E-state index contributed by atoms with van der Waals surface area (Å²) in [7, 11) is 0. The number of rotatable bonds is 3. The minimum absolute atomic E-state index is 0.00310. The third-order valence-electron chi connectivity index (χ3n) is 17.5. The fourth-order valence-corrected chi connectivity index (χ4v) is 13.7. The maximum Gasteiger partial charge on any atom is 0.252 e. The summed E-state index contributed by atoms with van der Waals surface area (Å²) in [6.07, 6.45) is 4.79. The number of nitrogens with zero attached hydrogens (tertiary/aromatic N) is 3. The van der Waals surface area contributed by atoms with Gasteiger partial charge in [-0.15, -0.1) is 0 Å². The molecule has 0 bridgehead atoms. The maximum atomic E-state index is 6.61. The largest absolute Gasteiger partial charge is 0.456 e. The van der Waals surface area contributed by atoms with Gasteiger partial charge in [0, 0.05) is 61.4 Å². The van der Waals surface area contributed by atoms with Crippen LogP contribution in [-0.4, -0.2) is 12.3 Å². The van der Waals surface area contributed by atoms with E-state index >= 15 is 0 Å². The summed E-state index contributed by atoms with van der Waals surface area (Å²) in [5.41, 5.74) is 22.5. The molecule has 71 heavy (non-hydrogen) atoms. The molecule has 2 unspecified atom stereocenters. The summed E-state index contributed by atoms with van der Waals surface area (Å²) in [5, 5.41) is 4.50. The van der Waals surface area contributed by atoms with E-state index in [1.54, 1.807) is 0 Å². The van der Waals surface area contributed by atoms with Crippen molar-refractivity contribution in [1.82, 2.24) is 0 Å². The van der Waals surface area contributed by atoms with Crippen LogP contribution in [0.2, 0.25) is 0 Å². The first kappa shape index (κ1) is 42.7. The van der Waals surface area contributed by atoms with Gasteiger partial charge in [-0.05, 0) is 155 Å². The van der Waals surface area contributed by atoms with E-state index in [4.69, 9.17) is 8.83 Å². The zero-order chi connectivity index (χ0) is 48.5. The van der Waals surface area contributed by atoms with Crippen molar-refractivity contribution < 1.29 is 8.83 Å². The number of fused-ring (bicyclic) bond motifs is 13. The molecule has 4 aliphatic rings. The SMILES string of the molecule is Cc1cc2c3c(c1)N(c1cccc4oc5ccccc5c14)c1cc(C(C)(C)C)ccc1B3c1ccc(N3c4ccc(C(C)(C)C)cc4C4(C)CCCCC34C)cc1N2c1ccc2oc3ccccc3c2c1.